The molecule has 0 spiro atoms. The molecule has 1 aliphatic carbocycles. The molecule has 0 heterocycles. The first-order valence-corrected chi connectivity index (χ1v) is 6.07. The van der Waals surface area contributed by atoms with Crippen LogP contribution in [0.25, 0.3) is 0 Å². The van der Waals surface area contributed by atoms with Gasteiger partial charge in [-0.15, -0.1) is 0 Å². The molecule has 1 aliphatic rings. The highest BCUT2D eigenvalue weighted by Crippen LogP contribution is 2.48. The highest BCUT2D eigenvalue weighted by Gasteiger charge is 2.46. The monoisotopic (exact) mass is 221 g/mol. The predicted molar refractivity (Wildman–Crippen MR) is 65.1 cm³/mol. The smallest absolute Gasteiger partial charge is 0.150 e. The summed E-state index contributed by atoms with van der Waals surface area (Å²) in [6.07, 6.45) is 1.94. The fourth-order valence-electron chi connectivity index (χ4n) is 2.21. The summed E-state index contributed by atoms with van der Waals surface area (Å²) in [4.78, 5) is 0. The summed E-state index contributed by atoms with van der Waals surface area (Å²) in [5.41, 5.74) is 6.31. The fourth-order valence-corrected chi connectivity index (χ4v) is 2.21. The summed E-state index contributed by atoms with van der Waals surface area (Å²) >= 11 is 0. The molecule has 1 aromatic carbocycles. The van der Waals surface area contributed by atoms with Gasteiger partial charge >= 0.3 is 0 Å². The van der Waals surface area contributed by atoms with Crippen molar-refractivity contribution in [2.45, 2.75) is 38.3 Å². The molecule has 88 valence electrons. The van der Waals surface area contributed by atoms with E-state index in [2.05, 4.69) is 13.8 Å². The molecule has 0 aliphatic heterocycles. The Morgan fingerprint density at radius 2 is 1.88 bits per heavy atom. The zero-order valence-corrected chi connectivity index (χ0v) is 10.0. The highest BCUT2D eigenvalue weighted by molar-refractivity contribution is 5.30. The van der Waals surface area contributed by atoms with Crippen LogP contribution in [0.15, 0.2) is 24.3 Å². The van der Waals surface area contributed by atoms with Gasteiger partial charge in [-0.25, -0.2) is 4.39 Å². The van der Waals surface area contributed by atoms with Gasteiger partial charge in [-0.05, 0) is 35.8 Å². The number of benzene rings is 1. The molecule has 1 fully saturated rings. The van der Waals surface area contributed by atoms with Crippen molar-refractivity contribution in [3.8, 4) is 0 Å². The lowest BCUT2D eigenvalue weighted by Crippen LogP contribution is -2.32. The van der Waals surface area contributed by atoms with Crippen LogP contribution in [0.1, 0.15) is 43.7 Å². The Bertz CT molecular complexity index is 354. The Morgan fingerprint density at radius 3 is 2.25 bits per heavy atom. The number of halogens is 1. The van der Waals surface area contributed by atoms with Crippen molar-refractivity contribution < 1.29 is 4.39 Å². The van der Waals surface area contributed by atoms with Gasteiger partial charge in [-0.2, -0.15) is 0 Å². The molecule has 0 bridgehead atoms. The maximum absolute atomic E-state index is 14.6. The number of rotatable bonds is 4. The summed E-state index contributed by atoms with van der Waals surface area (Å²) < 4.78 is 14.6. The number of alkyl halides is 1. The largest absolute Gasteiger partial charge is 0.327 e. The first-order chi connectivity index (χ1) is 7.58. The molecule has 16 heavy (non-hydrogen) atoms. The maximum atomic E-state index is 14.6. The Labute approximate surface area is 96.9 Å². The minimum atomic E-state index is -1.30. The summed E-state index contributed by atoms with van der Waals surface area (Å²) in [6.45, 7) is 4.38. The summed E-state index contributed by atoms with van der Waals surface area (Å²) in [5.74, 6) is 0.629. The number of nitrogens with two attached hydrogens (primary N) is 1. The van der Waals surface area contributed by atoms with E-state index in [-0.39, 0.29) is 12.5 Å². The van der Waals surface area contributed by atoms with Crippen LogP contribution in [-0.4, -0.2) is 6.54 Å². The lowest BCUT2D eigenvalue weighted by molar-refractivity contribution is 0.143. The topological polar surface area (TPSA) is 26.0 Å². The van der Waals surface area contributed by atoms with Crippen molar-refractivity contribution in [2.75, 3.05) is 6.54 Å². The molecule has 0 aromatic heterocycles. The van der Waals surface area contributed by atoms with Crippen molar-refractivity contribution in [3.63, 3.8) is 0 Å². The van der Waals surface area contributed by atoms with E-state index in [0.717, 1.165) is 18.4 Å². The minimum Gasteiger partial charge on any atom is -0.327 e. The third kappa shape index (κ3) is 1.99. The first-order valence-electron chi connectivity index (χ1n) is 6.07. The molecule has 1 aromatic rings. The van der Waals surface area contributed by atoms with Crippen LogP contribution < -0.4 is 5.73 Å². The molecule has 2 heteroatoms. The van der Waals surface area contributed by atoms with Gasteiger partial charge in [-0.1, -0.05) is 38.1 Å². The number of hydrogen-bond donors (Lipinski definition) is 1. The molecular formula is C14H20FN. The zero-order valence-electron chi connectivity index (χ0n) is 10.0. The normalized spacial score (nSPS) is 19.8. The van der Waals surface area contributed by atoms with Crippen LogP contribution in [0.4, 0.5) is 4.39 Å². The third-order valence-corrected chi connectivity index (χ3v) is 3.58. The Morgan fingerprint density at radius 1 is 1.31 bits per heavy atom. The van der Waals surface area contributed by atoms with Crippen molar-refractivity contribution in [2.24, 2.45) is 11.7 Å². The van der Waals surface area contributed by atoms with Crippen LogP contribution >= 0.6 is 0 Å². The van der Waals surface area contributed by atoms with Crippen LogP contribution in [0.3, 0.4) is 0 Å². The standard InChI is InChI=1S/C14H20FN/c1-10(2)11-3-5-12(6-4-11)14(15,9-16)13-7-8-13/h3-6,10,13H,7-9,16H2,1-2H3. The second kappa shape index (κ2) is 4.17. The first kappa shape index (κ1) is 11.6. The average molecular weight is 221 g/mol. The lowest BCUT2D eigenvalue weighted by atomic mass is 9.89. The summed E-state index contributed by atoms with van der Waals surface area (Å²) in [5, 5.41) is 0. The van der Waals surface area contributed by atoms with Crippen LogP contribution in [0, 0.1) is 5.92 Å². The van der Waals surface area contributed by atoms with E-state index < -0.39 is 5.67 Å². The molecule has 2 rings (SSSR count). The molecule has 1 saturated carbocycles. The average Bonchev–Trinajstić information content (AvgIpc) is 3.12. The lowest BCUT2D eigenvalue weighted by Gasteiger charge is -2.24. The summed E-state index contributed by atoms with van der Waals surface area (Å²) in [7, 11) is 0. The molecule has 0 radical (unpaired) electrons. The van der Waals surface area contributed by atoms with E-state index in [0.29, 0.717) is 5.92 Å². The SMILES string of the molecule is CC(C)c1ccc(C(F)(CN)C2CC2)cc1. The molecule has 1 atom stereocenters. The molecule has 0 saturated heterocycles. The van der Waals surface area contributed by atoms with Gasteiger partial charge in [0.1, 0.15) is 0 Å². The molecule has 0 amide bonds. The van der Waals surface area contributed by atoms with E-state index in [1.165, 1.54) is 5.56 Å². The fraction of sp³-hybridized carbons (Fsp3) is 0.571. The van der Waals surface area contributed by atoms with Crippen LogP contribution in [-0.2, 0) is 5.67 Å². The molecule has 2 N–H and O–H groups in total. The second-order valence-corrected chi connectivity index (χ2v) is 5.12. The Hall–Kier alpha value is -0.890. The molecule has 1 unspecified atom stereocenters. The summed E-state index contributed by atoms with van der Waals surface area (Å²) in [6, 6.07) is 7.85. The van der Waals surface area contributed by atoms with Crippen molar-refractivity contribution in [1.29, 1.82) is 0 Å². The zero-order chi connectivity index (χ0) is 11.8. The maximum Gasteiger partial charge on any atom is 0.150 e. The highest BCUT2D eigenvalue weighted by atomic mass is 19.1. The van der Waals surface area contributed by atoms with Gasteiger partial charge in [-0.3, -0.25) is 0 Å². The minimum absolute atomic E-state index is 0.0959. The Kier molecular flexibility index (Phi) is 3.02. The van der Waals surface area contributed by atoms with Crippen molar-refractivity contribution in [3.05, 3.63) is 35.4 Å². The van der Waals surface area contributed by atoms with Crippen LogP contribution in [0.5, 0.6) is 0 Å². The third-order valence-electron chi connectivity index (χ3n) is 3.58. The van der Waals surface area contributed by atoms with Gasteiger partial charge in [0, 0.05) is 6.54 Å². The molecule has 1 nitrogen and oxygen atoms in total. The van der Waals surface area contributed by atoms with Gasteiger partial charge in [0.2, 0.25) is 0 Å². The van der Waals surface area contributed by atoms with Gasteiger partial charge < -0.3 is 5.73 Å². The second-order valence-electron chi connectivity index (χ2n) is 5.12. The number of hydrogen-bond acceptors (Lipinski definition) is 1. The van der Waals surface area contributed by atoms with E-state index in [1.807, 2.05) is 24.3 Å². The van der Waals surface area contributed by atoms with E-state index in [4.69, 9.17) is 5.73 Å². The molecular weight excluding hydrogens is 201 g/mol. The quantitative estimate of drug-likeness (QED) is 0.829. The van der Waals surface area contributed by atoms with Crippen LogP contribution in [0.2, 0.25) is 0 Å². The van der Waals surface area contributed by atoms with E-state index in [1.54, 1.807) is 0 Å². The van der Waals surface area contributed by atoms with Gasteiger partial charge in [0.15, 0.2) is 5.67 Å². The van der Waals surface area contributed by atoms with Crippen molar-refractivity contribution >= 4 is 0 Å². The van der Waals surface area contributed by atoms with E-state index >= 15 is 0 Å². The van der Waals surface area contributed by atoms with Gasteiger partial charge in [0.25, 0.3) is 0 Å². The van der Waals surface area contributed by atoms with E-state index in [9.17, 15) is 4.39 Å². The predicted octanol–water partition coefficient (Wildman–Crippen LogP) is 3.34. The van der Waals surface area contributed by atoms with Crippen molar-refractivity contribution in [1.82, 2.24) is 0 Å². The van der Waals surface area contributed by atoms with Gasteiger partial charge in [0.05, 0.1) is 0 Å². The Balaban J connectivity index is 2.25.